The van der Waals surface area contributed by atoms with Gasteiger partial charge in [0.15, 0.2) is 0 Å². The molecule has 0 aromatic heterocycles. The lowest BCUT2D eigenvalue weighted by molar-refractivity contribution is -0.122. The van der Waals surface area contributed by atoms with Crippen LogP contribution < -0.4 is 11.1 Å². The lowest BCUT2D eigenvalue weighted by atomic mass is 10.0. The molecule has 4 heteroatoms. The Kier molecular flexibility index (Phi) is 6.22. The van der Waals surface area contributed by atoms with Crippen molar-refractivity contribution in [3.05, 3.63) is 12.7 Å². The van der Waals surface area contributed by atoms with Crippen LogP contribution in [0, 0.1) is 0 Å². The van der Waals surface area contributed by atoms with Gasteiger partial charge >= 0.3 is 0 Å². The molecule has 1 fully saturated rings. The number of amides is 1. The Bertz CT molecular complexity index is 245. The standard InChI is InChI=1S/C13H25N3O/c1-3-8-16-9-6-12(7-10-16)15-13(17)5-4-11(2)14/h3,11-12H,1,4-10,14H2,2H3,(H,15,17). The predicted molar refractivity (Wildman–Crippen MR) is 70.7 cm³/mol. The van der Waals surface area contributed by atoms with Gasteiger partial charge in [0.1, 0.15) is 0 Å². The summed E-state index contributed by atoms with van der Waals surface area (Å²) in [7, 11) is 0. The van der Waals surface area contributed by atoms with E-state index in [-0.39, 0.29) is 11.9 Å². The zero-order chi connectivity index (χ0) is 12.7. The van der Waals surface area contributed by atoms with Crippen molar-refractivity contribution in [2.75, 3.05) is 19.6 Å². The van der Waals surface area contributed by atoms with Crippen molar-refractivity contribution < 1.29 is 4.79 Å². The molecule has 0 aromatic rings. The molecule has 1 heterocycles. The number of hydrogen-bond acceptors (Lipinski definition) is 3. The molecule has 1 atom stereocenters. The molecule has 0 aliphatic carbocycles. The molecule has 0 saturated carbocycles. The summed E-state index contributed by atoms with van der Waals surface area (Å²) >= 11 is 0. The van der Waals surface area contributed by atoms with E-state index in [0.717, 1.165) is 38.9 Å². The minimum atomic E-state index is 0.107. The van der Waals surface area contributed by atoms with Gasteiger partial charge in [-0.05, 0) is 26.2 Å². The highest BCUT2D eigenvalue weighted by molar-refractivity contribution is 5.76. The zero-order valence-electron chi connectivity index (χ0n) is 10.8. The van der Waals surface area contributed by atoms with E-state index in [1.54, 1.807) is 0 Å². The largest absolute Gasteiger partial charge is 0.353 e. The number of carbonyl (C=O) groups excluding carboxylic acids is 1. The van der Waals surface area contributed by atoms with E-state index in [1.165, 1.54) is 0 Å². The maximum Gasteiger partial charge on any atom is 0.220 e. The fourth-order valence-electron chi connectivity index (χ4n) is 2.10. The third-order valence-corrected chi connectivity index (χ3v) is 3.17. The normalized spacial score (nSPS) is 19.9. The second-order valence-electron chi connectivity index (χ2n) is 4.95. The van der Waals surface area contributed by atoms with E-state index in [9.17, 15) is 4.79 Å². The third kappa shape index (κ3) is 5.84. The summed E-state index contributed by atoms with van der Waals surface area (Å²) in [6, 6.07) is 0.451. The highest BCUT2D eigenvalue weighted by Gasteiger charge is 2.19. The van der Waals surface area contributed by atoms with Crippen LogP contribution >= 0.6 is 0 Å². The molecule has 0 bridgehead atoms. The average Bonchev–Trinajstić information content (AvgIpc) is 2.29. The molecule has 0 aromatic carbocycles. The number of nitrogens with one attached hydrogen (secondary N) is 1. The van der Waals surface area contributed by atoms with Crippen molar-refractivity contribution >= 4 is 5.91 Å². The number of carbonyl (C=O) groups is 1. The highest BCUT2D eigenvalue weighted by atomic mass is 16.1. The highest BCUT2D eigenvalue weighted by Crippen LogP contribution is 2.10. The first-order valence-corrected chi connectivity index (χ1v) is 6.50. The minimum Gasteiger partial charge on any atom is -0.353 e. The first-order valence-electron chi connectivity index (χ1n) is 6.50. The van der Waals surface area contributed by atoms with Crippen LogP contribution in [0.25, 0.3) is 0 Å². The second-order valence-corrected chi connectivity index (χ2v) is 4.95. The zero-order valence-corrected chi connectivity index (χ0v) is 10.8. The molecule has 4 nitrogen and oxygen atoms in total. The van der Waals surface area contributed by atoms with Crippen molar-refractivity contribution in [1.29, 1.82) is 0 Å². The molecule has 1 rings (SSSR count). The summed E-state index contributed by atoms with van der Waals surface area (Å²) < 4.78 is 0. The van der Waals surface area contributed by atoms with Crippen LogP contribution in [-0.2, 0) is 4.79 Å². The van der Waals surface area contributed by atoms with Gasteiger partial charge in [0.25, 0.3) is 0 Å². The topological polar surface area (TPSA) is 58.4 Å². The molecule has 98 valence electrons. The Morgan fingerprint density at radius 1 is 1.59 bits per heavy atom. The fourth-order valence-corrected chi connectivity index (χ4v) is 2.10. The number of likely N-dealkylation sites (tertiary alicyclic amines) is 1. The Morgan fingerprint density at radius 3 is 2.76 bits per heavy atom. The Balaban J connectivity index is 2.16. The number of nitrogens with zero attached hydrogens (tertiary/aromatic N) is 1. The smallest absolute Gasteiger partial charge is 0.220 e. The minimum absolute atomic E-state index is 0.107. The predicted octanol–water partition coefficient (Wildman–Crippen LogP) is 0.880. The van der Waals surface area contributed by atoms with E-state index in [2.05, 4.69) is 16.8 Å². The number of rotatable bonds is 6. The SMILES string of the molecule is C=CCN1CCC(NC(=O)CCC(C)N)CC1. The van der Waals surface area contributed by atoms with Crippen LogP contribution in [0.4, 0.5) is 0 Å². The van der Waals surface area contributed by atoms with Crippen LogP contribution in [0.1, 0.15) is 32.6 Å². The van der Waals surface area contributed by atoms with E-state index in [0.29, 0.717) is 12.5 Å². The molecule has 1 amide bonds. The maximum absolute atomic E-state index is 11.6. The van der Waals surface area contributed by atoms with Crippen molar-refractivity contribution in [3.63, 3.8) is 0 Å². The van der Waals surface area contributed by atoms with E-state index in [4.69, 9.17) is 5.73 Å². The first-order chi connectivity index (χ1) is 8.11. The van der Waals surface area contributed by atoms with Crippen LogP contribution in [0.15, 0.2) is 12.7 Å². The van der Waals surface area contributed by atoms with Gasteiger partial charge < -0.3 is 11.1 Å². The molecular weight excluding hydrogens is 214 g/mol. The first kappa shape index (κ1) is 14.2. The van der Waals surface area contributed by atoms with Crippen molar-refractivity contribution in [1.82, 2.24) is 10.2 Å². The van der Waals surface area contributed by atoms with E-state index >= 15 is 0 Å². The third-order valence-electron chi connectivity index (χ3n) is 3.17. The van der Waals surface area contributed by atoms with Crippen LogP contribution in [0.2, 0.25) is 0 Å². The Morgan fingerprint density at radius 2 is 2.24 bits per heavy atom. The van der Waals surface area contributed by atoms with E-state index < -0.39 is 0 Å². The molecule has 1 saturated heterocycles. The van der Waals surface area contributed by atoms with Gasteiger partial charge in [0.05, 0.1) is 0 Å². The summed E-state index contributed by atoms with van der Waals surface area (Å²) in [4.78, 5) is 14.0. The molecular formula is C13H25N3O. The van der Waals surface area contributed by atoms with Crippen molar-refractivity contribution in [2.45, 2.75) is 44.7 Å². The molecule has 1 unspecified atom stereocenters. The van der Waals surface area contributed by atoms with E-state index in [1.807, 2.05) is 13.0 Å². The van der Waals surface area contributed by atoms with Gasteiger partial charge in [-0.1, -0.05) is 6.08 Å². The lowest BCUT2D eigenvalue weighted by Crippen LogP contribution is -2.44. The summed E-state index contributed by atoms with van der Waals surface area (Å²) in [5, 5.41) is 3.09. The monoisotopic (exact) mass is 239 g/mol. The number of nitrogens with two attached hydrogens (primary N) is 1. The molecule has 1 aliphatic heterocycles. The molecule has 1 aliphatic rings. The summed E-state index contributed by atoms with van der Waals surface area (Å²) in [5.41, 5.74) is 5.63. The summed E-state index contributed by atoms with van der Waals surface area (Å²) in [6.45, 7) is 8.71. The van der Waals surface area contributed by atoms with Gasteiger partial charge in [0.2, 0.25) is 5.91 Å². The molecule has 0 spiro atoms. The van der Waals surface area contributed by atoms with Gasteiger partial charge in [-0.15, -0.1) is 6.58 Å². The van der Waals surface area contributed by atoms with Gasteiger partial charge in [0, 0.05) is 38.1 Å². The van der Waals surface area contributed by atoms with Gasteiger partial charge in [-0.25, -0.2) is 0 Å². The summed E-state index contributed by atoms with van der Waals surface area (Å²) in [6.07, 6.45) is 5.32. The quantitative estimate of drug-likeness (QED) is 0.677. The van der Waals surface area contributed by atoms with Gasteiger partial charge in [-0.3, -0.25) is 9.69 Å². The molecule has 0 radical (unpaired) electrons. The average molecular weight is 239 g/mol. The van der Waals surface area contributed by atoms with Crippen molar-refractivity contribution in [3.8, 4) is 0 Å². The maximum atomic E-state index is 11.6. The number of hydrogen-bond donors (Lipinski definition) is 2. The second kappa shape index (κ2) is 7.45. The van der Waals surface area contributed by atoms with Crippen molar-refractivity contribution in [2.24, 2.45) is 5.73 Å². The summed E-state index contributed by atoms with van der Waals surface area (Å²) in [5.74, 6) is 0.143. The Labute approximate surface area is 104 Å². The lowest BCUT2D eigenvalue weighted by Gasteiger charge is -2.31. The number of piperidine rings is 1. The molecule has 17 heavy (non-hydrogen) atoms. The van der Waals surface area contributed by atoms with Gasteiger partial charge in [-0.2, -0.15) is 0 Å². The van der Waals surface area contributed by atoms with Crippen LogP contribution in [0.3, 0.4) is 0 Å². The Hall–Kier alpha value is -0.870. The van der Waals surface area contributed by atoms with Crippen LogP contribution in [0.5, 0.6) is 0 Å². The van der Waals surface area contributed by atoms with Crippen LogP contribution in [-0.4, -0.2) is 42.5 Å². The molecule has 3 N–H and O–H groups in total. The fraction of sp³-hybridized carbons (Fsp3) is 0.769.